The van der Waals surface area contributed by atoms with Crippen molar-refractivity contribution in [2.24, 2.45) is 5.92 Å². The zero-order valence-electron chi connectivity index (χ0n) is 13.3. The minimum absolute atomic E-state index is 0.0143. The molecule has 1 N–H and O–H groups in total. The van der Waals surface area contributed by atoms with Crippen LogP contribution in [0.1, 0.15) is 28.0 Å². The summed E-state index contributed by atoms with van der Waals surface area (Å²) in [5.41, 5.74) is 3.28. The van der Waals surface area contributed by atoms with E-state index in [0.29, 0.717) is 18.5 Å². The van der Waals surface area contributed by atoms with Gasteiger partial charge in [0.2, 0.25) is 0 Å². The number of fused-ring (bicyclic) bond motifs is 1. The van der Waals surface area contributed by atoms with Crippen molar-refractivity contribution in [3.8, 4) is 0 Å². The molecule has 3 rings (SSSR count). The van der Waals surface area contributed by atoms with E-state index in [1.807, 2.05) is 32.0 Å². The van der Waals surface area contributed by atoms with E-state index in [-0.39, 0.29) is 23.3 Å². The van der Waals surface area contributed by atoms with Crippen molar-refractivity contribution >= 4 is 26.6 Å². The fraction of sp³-hybridized carbons (Fsp3) is 0.412. The van der Waals surface area contributed by atoms with Crippen LogP contribution in [0.15, 0.2) is 24.3 Å². The summed E-state index contributed by atoms with van der Waals surface area (Å²) in [4.78, 5) is 17.0. The first kappa shape index (κ1) is 15.9. The van der Waals surface area contributed by atoms with E-state index >= 15 is 0 Å². The van der Waals surface area contributed by atoms with Gasteiger partial charge in [-0.2, -0.15) is 0 Å². The van der Waals surface area contributed by atoms with Crippen molar-refractivity contribution in [2.75, 3.05) is 18.1 Å². The molecule has 2 heterocycles. The number of aryl methyl sites for hydroxylation is 2. The van der Waals surface area contributed by atoms with E-state index in [9.17, 15) is 13.2 Å². The number of benzene rings is 1. The number of nitrogens with one attached hydrogen (secondary N) is 1. The van der Waals surface area contributed by atoms with Gasteiger partial charge in [-0.1, -0.05) is 12.1 Å². The summed E-state index contributed by atoms with van der Waals surface area (Å²) in [5, 5.41) is 3.70. The van der Waals surface area contributed by atoms with Gasteiger partial charge in [-0.15, -0.1) is 0 Å². The second-order valence-electron chi connectivity index (χ2n) is 6.31. The molecule has 0 radical (unpaired) electrons. The molecule has 1 amide bonds. The van der Waals surface area contributed by atoms with E-state index < -0.39 is 9.84 Å². The Morgan fingerprint density at radius 2 is 2.09 bits per heavy atom. The third-order valence-corrected chi connectivity index (χ3v) is 6.05. The van der Waals surface area contributed by atoms with Gasteiger partial charge >= 0.3 is 0 Å². The van der Waals surface area contributed by atoms with Crippen LogP contribution >= 0.6 is 0 Å². The molecule has 6 heteroatoms. The molecule has 1 fully saturated rings. The summed E-state index contributed by atoms with van der Waals surface area (Å²) in [7, 11) is -2.92. The molecule has 1 atom stereocenters. The molecule has 1 unspecified atom stereocenters. The predicted molar refractivity (Wildman–Crippen MR) is 90.3 cm³/mol. The topological polar surface area (TPSA) is 76.1 Å². The molecule has 2 aromatic rings. The first-order chi connectivity index (χ1) is 10.8. The normalized spacial score (nSPS) is 19.8. The molecule has 0 saturated carbocycles. The number of sulfone groups is 1. The highest BCUT2D eigenvalue weighted by molar-refractivity contribution is 7.91. The molecule has 5 nitrogen and oxygen atoms in total. The lowest BCUT2D eigenvalue weighted by Crippen LogP contribution is -2.30. The molecule has 0 spiro atoms. The van der Waals surface area contributed by atoms with Gasteiger partial charge in [-0.05, 0) is 43.9 Å². The lowest BCUT2D eigenvalue weighted by molar-refractivity contribution is 0.0950. The van der Waals surface area contributed by atoms with Crippen molar-refractivity contribution in [1.82, 2.24) is 10.3 Å². The van der Waals surface area contributed by atoms with Gasteiger partial charge in [0.1, 0.15) is 0 Å². The van der Waals surface area contributed by atoms with E-state index in [1.165, 1.54) is 0 Å². The molecule has 0 aliphatic carbocycles. The fourth-order valence-corrected chi connectivity index (χ4v) is 4.89. The number of aromatic nitrogens is 1. The molecule has 1 aliphatic heterocycles. The van der Waals surface area contributed by atoms with Crippen molar-refractivity contribution in [3.63, 3.8) is 0 Å². The molecule has 1 saturated heterocycles. The van der Waals surface area contributed by atoms with E-state index in [2.05, 4.69) is 10.3 Å². The molecule has 1 aliphatic rings. The maximum atomic E-state index is 12.5. The first-order valence-electron chi connectivity index (χ1n) is 7.71. The number of carbonyl (C=O) groups is 1. The number of nitrogens with zero attached hydrogens (tertiary/aromatic N) is 1. The molecule has 0 bridgehead atoms. The highest BCUT2D eigenvalue weighted by Crippen LogP contribution is 2.21. The number of hydrogen-bond donors (Lipinski definition) is 1. The number of carbonyl (C=O) groups excluding carboxylic acids is 1. The Bertz CT molecular complexity index is 870. The lowest BCUT2D eigenvalue weighted by atomic mass is 10.0. The van der Waals surface area contributed by atoms with Crippen LogP contribution in [0.5, 0.6) is 0 Å². The zero-order valence-corrected chi connectivity index (χ0v) is 14.1. The Morgan fingerprint density at radius 1 is 1.30 bits per heavy atom. The summed E-state index contributed by atoms with van der Waals surface area (Å²) in [5.74, 6) is 0.237. The van der Waals surface area contributed by atoms with Crippen LogP contribution in [0, 0.1) is 19.8 Å². The van der Waals surface area contributed by atoms with Crippen molar-refractivity contribution in [2.45, 2.75) is 20.3 Å². The fourth-order valence-electron chi connectivity index (χ4n) is 3.02. The van der Waals surface area contributed by atoms with Crippen LogP contribution in [-0.2, 0) is 9.84 Å². The van der Waals surface area contributed by atoms with Gasteiger partial charge in [0.25, 0.3) is 5.91 Å². The summed E-state index contributed by atoms with van der Waals surface area (Å²) >= 11 is 0. The molecule has 1 aromatic heterocycles. The summed E-state index contributed by atoms with van der Waals surface area (Å²) < 4.78 is 23.0. The molecular weight excluding hydrogens is 312 g/mol. The van der Waals surface area contributed by atoms with Crippen LogP contribution in [0.3, 0.4) is 0 Å². The summed E-state index contributed by atoms with van der Waals surface area (Å²) in [6.07, 6.45) is 0.623. The summed E-state index contributed by atoms with van der Waals surface area (Å²) in [6, 6.07) is 7.60. The predicted octanol–water partition coefficient (Wildman–Crippen LogP) is 2.02. The second kappa shape index (κ2) is 5.92. The van der Waals surface area contributed by atoms with Gasteiger partial charge < -0.3 is 5.32 Å². The first-order valence-corrected chi connectivity index (χ1v) is 9.53. The van der Waals surface area contributed by atoms with Gasteiger partial charge in [0.05, 0.1) is 22.6 Å². The Kier molecular flexibility index (Phi) is 4.10. The van der Waals surface area contributed by atoms with Gasteiger partial charge in [-0.25, -0.2) is 8.42 Å². The standard InChI is InChI=1S/C17H20N2O3S/c1-11-3-4-14-15(8-12(2)19-16(14)7-11)17(20)18-9-13-5-6-23(21,22)10-13/h3-4,7-8,13H,5-6,9-10H2,1-2H3,(H,18,20). The van der Waals surface area contributed by atoms with Crippen LogP contribution in [0.4, 0.5) is 0 Å². The van der Waals surface area contributed by atoms with E-state index in [4.69, 9.17) is 0 Å². The van der Waals surface area contributed by atoms with Gasteiger partial charge in [0.15, 0.2) is 9.84 Å². The average Bonchev–Trinajstić information content (AvgIpc) is 2.82. The van der Waals surface area contributed by atoms with Crippen LogP contribution < -0.4 is 5.32 Å². The zero-order chi connectivity index (χ0) is 16.6. The highest BCUT2D eigenvalue weighted by Gasteiger charge is 2.28. The van der Waals surface area contributed by atoms with E-state index in [1.54, 1.807) is 6.07 Å². The van der Waals surface area contributed by atoms with Crippen molar-refractivity contribution in [3.05, 3.63) is 41.1 Å². The lowest BCUT2D eigenvalue weighted by Gasteiger charge is -2.12. The Labute approximate surface area is 136 Å². The van der Waals surface area contributed by atoms with Crippen molar-refractivity contribution in [1.29, 1.82) is 0 Å². The smallest absolute Gasteiger partial charge is 0.252 e. The third kappa shape index (κ3) is 3.52. The number of amides is 1. The quantitative estimate of drug-likeness (QED) is 0.933. The third-order valence-electron chi connectivity index (χ3n) is 4.22. The SMILES string of the molecule is Cc1ccc2c(C(=O)NCC3CCS(=O)(=O)C3)cc(C)nc2c1. The molecule has 23 heavy (non-hydrogen) atoms. The number of hydrogen-bond acceptors (Lipinski definition) is 4. The monoisotopic (exact) mass is 332 g/mol. The minimum Gasteiger partial charge on any atom is -0.352 e. The number of pyridine rings is 1. The number of rotatable bonds is 3. The average molecular weight is 332 g/mol. The Balaban J connectivity index is 1.81. The van der Waals surface area contributed by atoms with Crippen LogP contribution in [0.25, 0.3) is 10.9 Å². The highest BCUT2D eigenvalue weighted by atomic mass is 32.2. The van der Waals surface area contributed by atoms with E-state index in [0.717, 1.165) is 22.2 Å². The molecule has 122 valence electrons. The second-order valence-corrected chi connectivity index (χ2v) is 8.54. The maximum Gasteiger partial charge on any atom is 0.252 e. The van der Waals surface area contributed by atoms with Crippen LogP contribution in [0.2, 0.25) is 0 Å². The minimum atomic E-state index is -2.92. The Hall–Kier alpha value is -1.95. The Morgan fingerprint density at radius 3 is 2.78 bits per heavy atom. The summed E-state index contributed by atoms with van der Waals surface area (Å²) in [6.45, 7) is 4.25. The molecular formula is C17H20N2O3S. The van der Waals surface area contributed by atoms with Gasteiger partial charge in [0, 0.05) is 17.6 Å². The van der Waals surface area contributed by atoms with Crippen LogP contribution in [-0.4, -0.2) is 37.4 Å². The van der Waals surface area contributed by atoms with Crippen molar-refractivity contribution < 1.29 is 13.2 Å². The largest absolute Gasteiger partial charge is 0.352 e. The maximum absolute atomic E-state index is 12.5. The molecule has 1 aromatic carbocycles. The van der Waals surface area contributed by atoms with Gasteiger partial charge in [-0.3, -0.25) is 9.78 Å².